The maximum atomic E-state index is 12.2. The molecule has 1 heterocycles. The predicted molar refractivity (Wildman–Crippen MR) is 76.8 cm³/mol. The van der Waals surface area contributed by atoms with Crippen LogP contribution < -0.4 is 15.4 Å². The Morgan fingerprint density at radius 2 is 2.21 bits per heavy atom. The summed E-state index contributed by atoms with van der Waals surface area (Å²) in [5, 5.41) is 6.79. The number of halogens is 1. The van der Waals surface area contributed by atoms with Crippen molar-refractivity contribution in [2.45, 2.75) is 19.8 Å². The molecule has 0 bridgehead atoms. The van der Waals surface area contributed by atoms with Gasteiger partial charge in [0.25, 0.3) is 0 Å². The summed E-state index contributed by atoms with van der Waals surface area (Å²) in [6.45, 7) is 4.24. The third-order valence-corrected chi connectivity index (χ3v) is 3.45. The zero-order valence-corrected chi connectivity index (χ0v) is 11.8. The van der Waals surface area contributed by atoms with Crippen LogP contribution in [0.5, 0.6) is 5.75 Å². The van der Waals surface area contributed by atoms with E-state index in [9.17, 15) is 4.79 Å². The van der Waals surface area contributed by atoms with Gasteiger partial charge in [-0.2, -0.15) is 0 Å². The molecule has 0 radical (unpaired) electrons. The Morgan fingerprint density at radius 1 is 1.47 bits per heavy atom. The van der Waals surface area contributed by atoms with Crippen LogP contribution in [0.2, 0.25) is 5.02 Å². The standard InChI is InChI=1S/C14H19ClN2O2/c1-2-19-13-9-11(15)3-4-12(13)17-14(18)10-5-7-16-8-6-10/h3-4,9-10,16H,2,5-8H2,1H3,(H,17,18). The van der Waals surface area contributed by atoms with Crippen LogP contribution in [0.4, 0.5) is 5.69 Å². The Balaban J connectivity index is 2.06. The lowest BCUT2D eigenvalue weighted by atomic mass is 9.97. The average molecular weight is 283 g/mol. The van der Waals surface area contributed by atoms with Gasteiger partial charge in [0.2, 0.25) is 5.91 Å². The largest absolute Gasteiger partial charge is 0.492 e. The van der Waals surface area contributed by atoms with Crippen LogP contribution in [0.1, 0.15) is 19.8 Å². The summed E-state index contributed by atoms with van der Waals surface area (Å²) in [5.41, 5.74) is 0.690. The van der Waals surface area contributed by atoms with E-state index in [2.05, 4.69) is 10.6 Å². The lowest BCUT2D eigenvalue weighted by molar-refractivity contribution is -0.120. The summed E-state index contributed by atoms with van der Waals surface area (Å²) in [6, 6.07) is 5.26. The lowest BCUT2D eigenvalue weighted by Crippen LogP contribution is -2.34. The molecule has 1 aliphatic heterocycles. The molecule has 0 aliphatic carbocycles. The molecule has 0 aromatic heterocycles. The van der Waals surface area contributed by atoms with Crippen molar-refractivity contribution in [3.63, 3.8) is 0 Å². The van der Waals surface area contributed by atoms with Gasteiger partial charge in [0.1, 0.15) is 5.75 Å². The van der Waals surface area contributed by atoms with Gasteiger partial charge in [-0.05, 0) is 45.0 Å². The number of nitrogens with one attached hydrogen (secondary N) is 2. The van der Waals surface area contributed by atoms with Gasteiger partial charge in [0.15, 0.2) is 0 Å². The van der Waals surface area contributed by atoms with E-state index < -0.39 is 0 Å². The number of piperidine rings is 1. The molecule has 0 unspecified atom stereocenters. The number of anilines is 1. The van der Waals surface area contributed by atoms with E-state index in [4.69, 9.17) is 16.3 Å². The van der Waals surface area contributed by atoms with E-state index in [1.54, 1.807) is 18.2 Å². The Kier molecular flexibility index (Phi) is 5.05. The van der Waals surface area contributed by atoms with Crippen molar-refractivity contribution in [3.05, 3.63) is 23.2 Å². The van der Waals surface area contributed by atoms with Crippen molar-refractivity contribution in [1.82, 2.24) is 5.32 Å². The van der Waals surface area contributed by atoms with Crippen molar-refractivity contribution in [2.75, 3.05) is 25.0 Å². The highest BCUT2D eigenvalue weighted by Crippen LogP contribution is 2.29. The number of carbonyl (C=O) groups excluding carboxylic acids is 1. The number of amides is 1. The van der Waals surface area contributed by atoms with Crippen molar-refractivity contribution < 1.29 is 9.53 Å². The van der Waals surface area contributed by atoms with Crippen molar-refractivity contribution in [3.8, 4) is 5.75 Å². The van der Waals surface area contributed by atoms with Crippen LogP contribution in [-0.4, -0.2) is 25.6 Å². The molecular formula is C14H19ClN2O2. The summed E-state index contributed by atoms with van der Waals surface area (Å²) >= 11 is 5.94. The minimum absolute atomic E-state index is 0.0600. The van der Waals surface area contributed by atoms with Gasteiger partial charge in [-0.25, -0.2) is 0 Å². The molecule has 104 valence electrons. The molecule has 0 atom stereocenters. The fraction of sp³-hybridized carbons (Fsp3) is 0.500. The number of hydrogen-bond donors (Lipinski definition) is 2. The first kappa shape index (κ1) is 14.2. The second kappa shape index (κ2) is 6.78. The molecular weight excluding hydrogens is 264 g/mol. The van der Waals surface area contributed by atoms with E-state index in [0.717, 1.165) is 25.9 Å². The van der Waals surface area contributed by atoms with Crippen molar-refractivity contribution in [1.29, 1.82) is 0 Å². The Hall–Kier alpha value is -1.26. The van der Waals surface area contributed by atoms with Crippen LogP contribution in [0.25, 0.3) is 0 Å². The van der Waals surface area contributed by atoms with Crippen LogP contribution in [0, 0.1) is 5.92 Å². The zero-order chi connectivity index (χ0) is 13.7. The molecule has 1 aromatic carbocycles. The topological polar surface area (TPSA) is 50.4 Å². The van der Waals surface area contributed by atoms with Gasteiger partial charge >= 0.3 is 0 Å². The van der Waals surface area contributed by atoms with E-state index in [1.165, 1.54) is 0 Å². The van der Waals surface area contributed by atoms with Crippen molar-refractivity contribution >= 4 is 23.2 Å². The zero-order valence-electron chi connectivity index (χ0n) is 11.0. The predicted octanol–water partition coefficient (Wildman–Crippen LogP) is 2.68. The Morgan fingerprint density at radius 3 is 2.89 bits per heavy atom. The van der Waals surface area contributed by atoms with Gasteiger partial charge in [0.05, 0.1) is 12.3 Å². The van der Waals surface area contributed by atoms with Crippen LogP contribution in [0.15, 0.2) is 18.2 Å². The maximum absolute atomic E-state index is 12.2. The Bertz CT molecular complexity index is 445. The number of carbonyl (C=O) groups is 1. The van der Waals surface area contributed by atoms with Gasteiger partial charge in [-0.15, -0.1) is 0 Å². The smallest absolute Gasteiger partial charge is 0.227 e. The molecule has 1 aliphatic rings. The monoisotopic (exact) mass is 282 g/mol. The molecule has 0 saturated carbocycles. The maximum Gasteiger partial charge on any atom is 0.227 e. The van der Waals surface area contributed by atoms with E-state index in [-0.39, 0.29) is 11.8 Å². The number of ether oxygens (including phenoxy) is 1. The molecule has 2 N–H and O–H groups in total. The average Bonchev–Trinajstić information content (AvgIpc) is 2.43. The first-order valence-electron chi connectivity index (χ1n) is 6.64. The molecule has 5 heteroatoms. The molecule has 1 saturated heterocycles. The lowest BCUT2D eigenvalue weighted by Gasteiger charge is -2.22. The van der Waals surface area contributed by atoms with Gasteiger partial charge < -0.3 is 15.4 Å². The molecule has 4 nitrogen and oxygen atoms in total. The second-order valence-electron chi connectivity index (χ2n) is 4.59. The van der Waals surface area contributed by atoms with Gasteiger partial charge in [-0.1, -0.05) is 11.6 Å². The molecule has 0 spiro atoms. The summed E-state index contributed by atoms with van der Waals surface area (Å²) in [5.74, 6) is 0.758. The van der Waals surface area contributed by atoms with Gasteiger partial charge in [0, 0.05) is 17.0 Å². The van der Waals surface area contributed by atoms with Crippen molar-refractivity contribution in [2.24, 2.45) is 5.92 Å². The van der Waals surface area contributed by atoms with Crippen LogP contribution in [0.3, 0.4) is 0 Å². The van der Waals surface area contributed by atoms with Crippen LogP contribution in [-0.2, 0) is 4.79 Å². The SMILES string of the molecule is CCOc1cc(Cl)ccc1NC(=O)C1CCNCC1. The fourth-order valence-corrected chi connectivity index (χ4v) is 2.36. The molecule has 19 heavy (non-hydrogen) atoms. The summed E-state index contributed by atoms with van der Waals surface area (Å²) in [4.78, 5) is 12.2. The van der Waals surface area contributed by atoms with E-state index >= 15 is 0 Å². The minimum atomic E-state index is 0.0600. The fourth-order valence-electron chi connectivity index (χ4n) is 2.19. The normalized spacial score (nSPS) is 16.1. The highest BCUT2D eigenvalue weighted by molar-refractivity contribution is 6.30. The number of hydrogen-bond acceptors (Lipinski definition) is 3. The van der Waals surface area contributed by atoms with Crippen LogP contribution >= 0.6 is 11.6 Å². The first-order chi connectivity index (χ1) is 9.20. The van der Waals surface area contributed by atoms with E-state index in [1.807, 2.05) is 6.92 Å². The number of benzene rings is 1. The van der Waals surface area contributed by atoms with Gasteiger partial charge in [-0.3, -0.25) is 4.79 Å². The second-order valence-corrected chi connectivity index (χ2v) is 5.02. The highest BCUT2D eigenvalue weighted by atomic mass is 35.5. The summed E-state index contributed by atoms with van der Waals surface area (Å²) in [7, 11) is 0. The first-order valence-corrected chi connectivity index (χ1v) is 7.02. The molecule has 1 amide bonds. The third-order valence-electron chi connectivity index (χ3n) is 3.21. The molecule has 2 rings (SSSR count). The third kappa shape index (κ3) is 3.85. The Labute approximate surface area is 118 Å². The number of rotatable bonds is 4. The summed E-state index contributed by atoms with van der Waals surface area (Å²) in [6.07, 6.45) is 1.76. The quantitative estimate of drug-likeness (QED) is 0.893. The summed E-state index contributed by atoms with van der Waals surface area (Å²) < 4.78 is 5.49. The molecule has 1 fully saturated rings. The van der Waals surface area contributed by atoms with E-state index in [0.29, 0.717) is 23.1 Å². The highest BCUT2D eigenvalue weighted by Gasteiger charge is 2.21. The minimum Gasteiger partial charge on any atom is -0.492 e. The molecule has 1 aromatic rings.